The average molecular weight is 296 g/mol. The summed E-state index contributed by atoms with van der Waals surface area (Å²) in [5, 5.41) is 9.11. The van der Waals surface area contributed by atoms with Gasteiger partial charge in [0.05, 0.1) is 5.75 Å². The first-order chi connectivity index (χ1) is 9.49. The predicted molar refractivity (Wildman–Crippen MR) is 74.6 cm³/mol. The first-order valence-corrected chi connectivity index (χ1v) is 7.28. The maximum Gasteiger partial charge on any atom is 0.288 e. The summed E-state index contributed by atoms with van der Waals surface area (Å²) in [7, 11) is 0. The van der Waals surface area contributed by atoms with Crippen LogP contribution in [0.5, 0.6) is 0 Å². The van der Waals surface area contributed by atoms with Gasteiger partial charge in [0.1, 0.15) is 5.69 Å². The molecule has 8 heteroatoms. The Hall–Kier alpha value is -1.83. The van der Waals surface area contributed by atoms with Crippen molar-refractivity contribution in [2.24, 2.45) is 0 Å². The molecule has 0 spiro atoms. The van der Waals surface area contributed by atoms with Gasteiger partial charge in [-0.2, -0.15) is 5.10 Å². The molecule has 1 aromatic rings. The fraction of sp³-hybridized carbons (Fsp3) is 0.500. The maximum atomic E-state index is 11.8. The summed E-state index contributed by atoms with van der Waals surface area (Å²) in [6.45, 7) is 4.41. The van der Waals surface area contributed by atoms with Gasteiger partial charge in [0.25, 0.3) is 11.1 Å². The summed E-state index contributed by atoms with van der Waals surface area (Å²) in [4.78, 5) is 35.7. The number of carbonyl (C=O) groups is 3. The van der Waals surface area contributed by atoms with E-state index >= 15 is 0 Å². The lowest BCUT2D eigenvalue weighted by Crippen LogP contribution is -2.37. The highest BCUT2D eigenvalue weighted by atomic mass is 32.2. The number of aromatic amines is 1. The van der Waals surface area contributed by atoms with Gasteiger partial charge in [0.15, 0.2) is 0 Å². The number of amides is 3. The summed E-state index contributed by atoms with van der Waals surface area (Å²) in [6.07, 6.45) is 0. The van der Waals surface area contributed by atoms with Crippen LogP contribution in [0.2, 0.25) is 0 Å². The lowest BCUT2D eigenvalue weighted by atomic mass is 10.1. The Morgan fingerprint density at radius 2 is 2.30 bits per heavy atom. The van der Waals surface area contributed by atoms with E-state index in [-0.39, 0.29) is 41.8 Å². The van der Waals surface area contributed by atoms with Crippen molar-refractivity contribution in [3.63, 3.8) is 0 Å². The van der Waals surface area contributed by atoms with E-state index < -0.39 is 0 Å². The van der Waals surface area contributed by atoms with E-state index in [1.54, 1.807) is 6.07 Å². The second-order valence-electron chi connectivity index (χ2n) is 4.72. The standard InChI is InChI=1S/C12H16N4O3S/c1-7(2)8-5-9(15-14-8)11(18)13-3-4-16-10(17)6-20-12(16)19/h5,7H,3-4,6H2,1-2H3,(H,13,18)(H,14,15). The van der Waals surface area contributed by atoms with E-state index in [9.17, 15) is 14.4 Å². The second-order valence-corrected chi connectivity index (χ2v) is 5.65. The molecular formula is C12H16N4O3S. The molecule has 0 unspecified atom stereocenters. The van der Waals surface area contributed by atoms with Crippen molar-refractivity contribution < 1.29 is 14.4 Å². The van der Waals surface area contributed by atoms with Crippen molar-refractivity contribution in [1.82, 2.24) is 20.4 Å². The van der Waals surface area contributed by atoms with Crippen LogP contribution < -0.4 is 5.32 Å². The number of hydrogen-bond acceptors (Lipinski definition) is 5. The third-order valence-corrected chi connectivity index (χ3v) is 3.77. The summed E-state index contributed by atoms with van der Waals surface area (Å²) >= 11 is 0.983. The van der Waals surface area contributed by atoms with E-state index in [0.717, 1.165) is 22.4 Å². The van der Waals surface area contributed by atoms with Gasteiger partial charge in [0.2, 0.25) is 5.91 Å². The topological polar surface area (TPSA) is 95.2 Å². The average Bonchev–Trinajstić information content (AvgIpc) is 3.00. The number of imide groups is 1. The van der Waals surface area contributed by atoms with Crippen LogP contribution in [-0.4, -0.2) is 51.0 Å². The highest BCUT2D eigenvalue weighted by molar-refractivity contribution is 8.14. The van der Waals surface area contributed by atoms with Gasteiger partial charge in [-0.1, -0.05) is 25.6 Å². The Labute approximate surface area is 120 Å². The normalized spacial score (nSPS) is 15.2. The molecule has 108 valence electrons. The Kier molecular flexibility index (Phi) is 4.43. The van der Waals surface area contributed by atoms with Gasteiger partial charge in [0, 0.05) is 18.8 Å². The molecule has 7 nitrogen and oxygen atoms in total. The van der Waals surface area contributed by atoms with Gasteiger partial charge in [-0.05, 0) is 12.0 Å². The molecular weight excluding hydrogens is 280 g/mol. The van der Waals surface area contributed by atoms with Gasteiger partial charge in [-0.25, -0.2) is 0 Å². The molecule has 0 atom stereocenters. The van der Waals surface area contributed by atoms with Crippen LogP contribution in [0.3, 0.4) is 0 Å². The van der Waals surface area contributed by atoms with Crippen molar-refractivity contribution in [2.45, 2.75) is 19.8 Å². The SMILES string of the molecule is CC(C)c1cc(C(=O)NCCN2C(=O)CSC2=O)n[nH]1. The van der Waals surface area contributed by atoms with Crippen LogP contribution in [0.15, 0.2) is 6.07 Å². The molecule has 1 saturated heterocycles. The minimum Gasteiger partial charge on any atom is -0.349 e. The number of carbonyl (C=O) groups excluding carboxylic acids is 3. The molecule has 0 saturated carbocycles. The van der Waals surface area contributed by atoms with E-state index in [1.807, 2.05) is 13.8 Å². The minimum absolute atomic E-state index is 0.184. The van der Waals surface area contributed by atoms with E-state index in [0.29, 0.717) is 5.69 Å². The Morgan fingerprint density at radius 3 is 2.85 bits per heavy atom. The van der Waals surface area contributed by atoms with Gasteiger partial charge >= 0.3 is 0 Å². The lowest BCUT2D eigenvalue weighted by molar-refractivity contribution is -0.124. The van der Waals surface area contributed by atoms with Crippen molar-refractivity contribution in [2.75, 3.05) is 18.8 Å². The summed E-state index contributed by atoms with van der Waals surface area (Å²) < 4.78 is 0. The Morgan fingerprint density at radius 1 is 1.55 bits per heavy atom. The number of H-pyrrole nitrogens is 1. The second kappa shape index (κ2) is 6.08. The molecule has 0 aromatic carbocycles. The summed E-state index contributed by atoms with van der Waals surface area (Å²) in [5.74, 6) is -0.0823. The Balaban J connectivity index is 1.83. The molecule has 3 amide bonds. The fourth-order valence-electron chi connectivity index (χ4n) is 1.72. The molecule has 0 radical (unpaired) electrons. The monoisotopic (exact) mass is 296 g/mol. The smallest absolute Gasteiger partial charge is 0.288 e. The van der Waals surface area contributed by atoms with E-state index in [2.05, 4.69) is 15.5 Å². The molecule has 2 rings (SSSR count). The van der Waals surface area contributed by atoms with Crippen LogP contribution in [0.25, 0.3) is 0 Å². The van der Waals surface area contributed by atoms with Gasteiger partial charge in [-0.15, -0.1) is 0 Å². The number of thioether (sulfide) groups is 1. The van der Waals surface area contributed by atoms with Crippen molar-refractivity contribution >= 4 is 28.8 Å². The van der Waals surface area contributed by atoms with Crippen LogP contribution in [0, 0.1) is 0 Å². The van der Waals surface area contributed by atoms with Crippen LogP contribution in [0.4, 0.5) is 4.79 Å². The first kappa shape index (κ1) is 14.6. The molecule has 20 heavy (non-hydrogen) atoms. The lowest BCUT2D eigenvalue weighted by Gasteiger charge is -2.12. The van der Waals surface area contributed by atoms with Crippen molar-refractivity contribution in [1.29, 1.82) is 0 Å². The van der Waals surface area contributed by atoms with Crippen LogP contribution in [-0.2, 0) is 4.79 Å². The molecule has 1 fully saturated rings. The predicted octanol–water partition coefficient (Wildman–Crippen LogP) is 0.958. The fourth-order valence-corrected chi connectivity index (χ4v) is 2.47. The van der Waals surface area contributed by atoms with Crippen LogP contribution in [0.1, 0.15) is 35.9 Å². The first-order valence-electron chi connectivity index (χ1n) is 6.29. The molecule has 2 N–H and O–H groups in total. The maximum absolute atomic E-state index is 11.8. The highest BCUT2D eigenvalue weighted by Gasteiger charge is 2.29. The number of hydrogen-bond donors (Lipinski definition) is 2. The molecule has 1 aliphatic rings. The van der Waals surface area contributed by atoms with E-state index in [1.165, 1.54) is 0 Å². The molecule has 1 aliphatic heterocycles. The number of aromatic nitrogens is 2. The summed E-state index contributed by atoms with van der Waals surface area (Å²) in [5.41, 5.74) is 1.19. The van der Waals surface area contributed by atoms with Gasteiger partial charge in [-0.3, -0.25) is 24.4 Å². The molecule has 2 heterocycles. The molecule has 1 aromatic heterocycles. The van der Waals surface area contributed by atoms with E-state index in [4.69, 9.17) is 0 Å². The number of rotatable bonds is 5. The summed E-state index contributed by atoms with van der Waals surface area (Å²) in [6, 6.07) is 1.70. The van der Waals surface area contributed by atoms with Crippen molar-refractivity contribution in [3.8, 4) is 0 Å². The van der Waals surface area contributed by atoms with Crippen molar-refractivity contribution in [3.05, 3.63) is 17.5 Å². The highest BCUT2D eigenvalue weighted by Crippen LogP contribution is 2.17. The zero-order chi connectivity index (χ0) is 14.7. The Bertz CT molecular complexity index is 525. The number of nitrogens with one attached hydrogen (secondary N) is 2. The number of nitrogens with zero attached hydrogens (tertiary/aromatic N) is 2. The third kappa shape index (κ3) is 3.19. The van der Waals surface area contributed by atoms with Gasteiger partial charge < -0.3 is 5.32 Å². The zero-order valence-corrected chi connectivity index (χ0v) is 12.1. The zero-order valence-electron chi connectivity index (χ0n) is 11.3. The minimum atomic E-state index is -0.320. The molecule has 0 bridgehead atoms. The third-order valence-electron chi connectivity index (χ3n) is 2.91. The quantitative estimate of drug-likeness (QED) is 0.843. The molecule has 0 aliphatic carbocycles. The van der Waals surface area contributed by atoms with Crippen LogP contribution >= 0.6 is 11.8 Å². The largest absolute Gasteiger partial charge is 0.349 e.